The van der Waals surface area contributed by atoms with Crippen molar-refractivity contribution in [3.8, 4) is 22.8 Å². The molecule has 2 aromatic heterocycles. The van der Waals surface area contributed by atoms with Gasteiger partial charge in [0.15, 0.2) is 28.9 Å². The molecule has 0 saturated carbocycles. The summed E-state index contributed by atoms with van der Waals surface area (Å²) >= 11 is 1.31. The van der Waals surface area contributed by atoms with Gasteiger partial charge in [0.2, 0.25) is 0 Å². The minimum atomic E-state index is -0.272. The highest BCUT2D eigenvalue weighted by molar-refractivity contribution is 7.17. The van der Waals surface area contributed by atoms with Crippen LogP contribution >= 0.6 is 11.3 Å². The van der Waals surface area contributed by atoms with Gasteiger partial charge >= 0.3 is 0 Å². The van der Waals surface area contributed by atoms with Crippen molar-refractivity contribution < 1.29 is 23.5 Å². The number of aromatic nitrogens is 2. The maximum atomic E-state index is 14.0. The molecule has 0 atom stereocenters. The van der Waals surface area contributed by atoms with Crippen LogP contribution < -0.4 is 9.47 Å². The third-order valence-corrected chi connectivity index (χ3v) is 6.35. The van der Waals surface area contributed by atoms with Gasteiger partial charge in [-0.05, 0) is 24.3 Å². The summed E-state index contributed by atoms with van der Waals surface area (Å²) in [7, 11) is 4.77. The molecule has 0 unspecified atom stereocenters. The zero-order valence-corrected chi connectivity index (χ0v) is 18.7. The molecule has 0 spiro atoms. The molecule has 0 aliphatic heterocycles. The fraction of sp³-hybridized carbons (Fsp3) is 0.208. The van der Waals surface area contributed by atoms with Crippen LogP contribution in [0.1, 0.15) is 33.8 Å². The first-order valence-electron chi connectivity index (χ1n) is 9.90. The maximum absolute atomic E-state index is 14.0. The molecule has 6 nitrogen and oxygen atoms in total. The van der Waals surface area contributed by atoms with Gasteiger partial charge in [-0.3, -0.25) is 9.59 Å². The van der Waals surface area contributed by atoms with Gasteiger partial charge in [0.1, 0.15) is 5.82 Å². The SMILES string of the molecule is COc1ccc(C(=O)CCC(=O)c2ncc(-c3csc4c(F)cccc34)n2C)cc1OC. The van der Waals surface area contributed by atoms with E-state index in [-0.39, 0.29) is 36.0 Å². The number of benzene rings is 2. The first kappa shape index (κ1) is 21.7. The van der Waals surface area contributed by atoms with Crippen molar-refractivity contribution in [2.24, 2.45) is 7.05 Å². The Morgan fingerprint density at radius 3 is 2.56 bits per heavy atom. The molecule has 32 heavy (non-hydrogen) atoms. The van der Waals surface area contributed by atoms with Crippen LogP contribution in [0.15, 0.2) is 48.0 Å². The van der Waals surface area contributed by atoms with Crippen LogP contribution in [0.2, 0.25) is 0 Å². The first-order valence-corrected chi connectivity index (χ1v) is 10.8. The molecular weight excluding hydrogens is 431 g/mol. The number of carbonyl (C=O) groups is 2. The number of hydrogen-bond acceptors (Lipinski definition) is 6. The fourth-order valence-electron chi connectivity index (χ4n) is 3.63. The Morgan fingerprint density at radius 1 is 1.06 bits per heavy atom. The van der Waals surface area contributed by atoms with E-state index in [4.69, 9.17) is 9.47 Å². The fourth-order valence-corrected chi connectivity index (χ4v) is 4.60. The van der Waals surface area contributed by atoms with Crippen LogP contribution in [0.3, 0.4) is 0 Å². The maximum Gasteiger partial charge on any atom is 0.198 e. The van der Waals surface area contributed by atoms with Crippen molar-refractivity contribution in [2.75, 3.05) is 14.2 Å². The van der Waals surface area contributed by atoms with E-state index in [9.17, 15) is 14.0 Å². The molecule has 2 aromatic carbocycles. The Hall–Kier alpha value is -3.52. The summed E-state index contributed by atoms with van der Waals surface area (Å²) in [5.41, 5.74) is 1.99. The van der Waals surface area contributed by atoms with Crippen molar-refractivity contribution in [1.82, 2.24) is 9.55 Å². The molecule has 0 fully saturated rings. The standard InChI is InChI=1S/C24H21FN2O4S/c1-27-18(16-13-32-23-15(16)5-4-6-17(23)25)12-26-24(27)20(29)9-8-19(28)14-7-10-21(30-2)22(11-14)31-3/h4-7,10-13H,8-9H2,1-3H3. The monoisotopic (exact) mass is 452 g/mol. The van der Waals surface area contributed by atoms with E-state index >= 15 is 0 Å². The van der Waals surface area contributed by atoms with Crippen LogP contribution in [-0.4, -0.2) is 35.3 Å². The molecule has 164 valence electrons. The second-order valence-corrected chi connectivity index (χ2v) is 8.09. The van der Waals surface area contributed by atoms with Crippen molar-refractivity contribution in [3.63, 3.8) is 0 Å². The number of methoxy groups -OCH3 is 2. The molecule has 4 aromatic rings. The minimum absolute atomic E-state index is 0.0243. The molecule has 0 N–H and O–H groups in total. The van der Waals surface area contributed by atoms with E-state index in [1.165, 1.54) is 31.6 Å². The van der Waals surface area contributed by atoms with E-state index in [2.05, 4.69) is 4.98 Å². The highest BCUT2D eigenvalue weighted by Gasteiger charge is 2.20. The lowest BCUT2D eigenvalue weighted by Crippen LogP contribution is -2.11. The van der Waals surface area contributed by atoms with Crippen molar-refractivity contribution in [1.29, 1.82) is 0 Å². The third-order valence-electron chi connectivity index (χ3n) is 5.35. The molecule has 0 aliphatic carbocycles. The van der Waals surface area contributed by atoms with Crippen LogP contribution in [0.4, 0.5) is 4.39 Å². The largest absolute Gasteiger partial charge is 0.493 e. The molecule has 2 heterocycles. The number of fused-ring (bicyclic) bond motifs is 1. The Kier molecular flexibility index (Phi) is 6.05. The predicted molar refractivity (Wildman–Crippen MR) is 121 cm³/mol. The first-order chi connectivity index (χ1) is 15.4. The van der Waals surface area contributed by atoms with Crippen molar-refractivity contribution >= 4 is 33.0 Å². The molecular formula is C24H21FN2O4S. The van der Waals surface area contributed by atoms with Gasteiger partial charge in [-0.2, -0.15) is 0 Å². The van der Waals surface area contributed by atoms with Crippen molar-refractivity contribution in [2.45, 2.75) is 12.8 Å². The lowest BCUT2D eigenvalue weighted by atomic mass is 10.0. The van der Waals surface area contributed by atoms with E-state index in [0.29, 0.717) is 21.8 Å². The van der Waals surface area contributed by atoms with Crippen LogP contribution in [0.25, 0.3) is 21.3 Å². The molecule has 0 amide bonds. The summed E-state index contributed by atoms with van der Waals surface area (Å²) in [5.74, 6) is 0.562. The van der Waals surface area contributed by atoms with E-state index in [1.807, 2.05) is 11.4 Å². The zero-order valence-electron chi connectivity index (χ0n) is 17.8. The second-order valence-electron chi connectivity index (χ2n) is 7.21. The lowest BCUT2D eigenvalue weighted by Gasteiger charge is -2.09. The van der Waals surface area contributed by atoms with Gasteiger partial charge in [-0.15, -0.1) is 11.3 Å². The highest BCUT2D eigenvalue weighted by Crippen LogP contribution is 2.35. The smallest absolute Gasteiger partial charge is 0.198 e. The summed E-state index contributed by atoms with van der Waals surface area (Å²) in [6.07, 6.45) is 1.68. The van der Waals surface area contributed by atoms with Gasteiger partial charge in [0, 0.05) is 41.8 Å². The predicted octanol–water partition coefficient (Wildman–Crippen LogP) is 5.30. The Morgan fingerprint density at radius 2 is 1.81 bits per heavy atom. The topological polar surface area (TPSA) is 70.4 Å². The number of ether oxygens (including phenoxy) is 2. The van der Waals surface area contributed by atoms with Crippen LogP contribution in [0, 0.1) is 5.82 Å². The second kappa shape index (κ2) is 8.92. The van der Waals surface area contributed by atoms with Crippen molar-refractivity contribution in [3.05, 3.63) is 65.2 Å². The number of carbonyl (C=O) groups excluding carboxylic acids is 2. The lowest BCUT2D eigenvalue weighted by molar-refractivity contribution is 0.0910. The number of nitrogens with zero attached hydrogens (tertiary/aromatic N) is 2. The zero-order chi connectivity index (χ0) is 22.8. The van der Waals surface area contributed by atoms with Gasteiger partial charge in [0.25, 0.3) is 0 Å². The van der Waals surface area contributed by atoms with Gasteiger partial charge in [0.05, 0.1) is 30.8 Å². The van der Waals surface area contributed by atoms with E-state index < -0.39 is 0 Å². The average Bonchev–Trinajstić information content (AvgIpc) is 3.40. The molecule has 4 rings (SSSR count). The summed E-state index contributed by atoms with van der Waals surface area (Å²) in [5, 5.41) is 2.64. The summed E-state index contributed by atoms with van der Waals surface area (Å²) in [6, 6.07) is 9.85. The molecule has 0 aliphatic rings. The molecule has 0 bridgehead atoms. The quantitative estimate of drug-likeness (QED) is 0.339. The van der Waals surface area contributed by atoms with E-state index in [1.54, 1.807) is 42.1 Å². The number of ketones is 2. The number of halogens is 1. The summed E-state index contributed by atoms with van der Waals surface area (Å²) in [4.78, 5) is 29.7. The molecule has 0 radical (unpaired) electrons. The number of thiophene rings is 1. The number of Topliss-reactive ketones (excluding diaryl/α,β-unsaturated/α-hetero) is 2. The Labute approximate surface area is 188 Å². The Balaban J connectivity index is 1.51. The van der Waals surface area contributed by atoms with Gasteiger partial charge in [-0.25, -0.2) is 9.37 Å². The number of hydrogen-bond donors (Lipinski definition) is 0. The Bertz CT molecular complexity index is 1330. The number of imidazole rings is 1. The van der Waals surface area contributed by atoms with Gasteiger partial charge < -0.3 is 14.0 Å². The molecule has 0 saturated heterocycles. The normalized spacial score (nSPS) is 11.0. The van der Waals surface area contributed by atoms with Crippen LogP contribution in [-0.2, 0) is 7.05 Å². The van der Waals surface area contributed by atoms with E-state index in [0.717, 1.165) is 16.6 Å². The van der Waals surface area contributed by atoms with Crippen LogP contribution in [0.5, 0.6) is 11.5 Å². The van der Waals surface area contributed by atoms with Gasteiger partial charge in [-0.1, -0.05) is 12.1 Å². The summed E-state index contributed by atoms with van der Waals surface area (Å²) < 4.78 is 26.7. The third kappa shape index (κ3) is 3.89. The average molecular weight is 453 g/mol. The summed E-state index contributed by atoms with van der Waals surface area (Å²) in [6.45, 7) is 0. The minimum Gasteiger partial charge on any atom is -0.493 e. The highest BCUT2D eigenvalue weighted by atomic mass is 32.1. The molecule has 8 heteroatoms. The number of rotatable bonds is 8.